The summed E-state index contributed by atoms with van der Waals surface area (Å²) in [6.07, 6.45) is -4.63. The van der Waals surface area contributed by atoms with E-state index in [1.807, 2.05) is 42.5 Å². The van der Waals surface area contributed by atoms with Crippen LogP contribution in [0.2, 0.25) is 5.02 Å². The second-order valence-corrected chi connectivity index (χ2v) is 8.64. The number of fused-ring (bicyclic) bond motifs is 1. The van der Waals surface area contributed by atoms with Gasteiger partial charge in [0.15, 0.2) is 0 Å². The van der Waals surface area contributed by atoms with Gasteiger partial charge in [0.1, 0.15) is 12.4 Å². The van der Waals surface area contributed by atoms with Gasteiger partial charge in [0, 0.05) is 0 Å². The van der Waals surface area contributed by atoms with Crippen LogP contribution >= 0.6 is 11.6 Å². The van der Waals surface area contributed by atoms with Crippen molar-refractivity contribution in [1.29, 1.82) is 0 Å². The number of rotatable bonds is 6. The van der Waals surface area contributed by atoms with E-state index in [1.165, 1.54) is 0 Å². The lowest BCUT2D eigenvalue weighted by Gasteiger charge is -2.11. The third-order valence-electron chi connectivity index (χ3n) is 5.62. The fourth-order valence-corrected chi connectivity index (χ4v) is 3.76. The SMILES string of the molecule is C/C(=N\NC(=O)C(=O)Nc1cc(C(F)(F)F)ccc1Cl)c1ccc(OCc2cccc3ccccc23)cc1. The lowest BCUT2D eigenvalue weighted by molar-refractivity contribution is -0.137. The molecule has 0 bridgehead atoms. The zero-order chi connectivity index (χ0) is 27.3. The van der Waals surface area contributed by atoms with Crippen molar-refractivity contribution in [3.05, 3.63) is 107 Å². The van der Waals surface area contributed by atoms with Crippen molar-refractivity contribution in [3.8, 4) is 5.75 Å². The number of amides is 2. The topological polar surface area (TPSA) is 79.8 Å². The summed E-state index contributed by atoms with van der Waals surface area (Å²) in [5, 5.41) is 8.05. The van der Waals surface area contributed by atoms with Gasteiger partial charge in [-0.05, 0) is 71.3 Å². The van der Waals surface area contributed by atoms with E-state index in [1.54, 1.807) is 31.2 Å². The van der Waals surface area contributed by atoms with Crippen LogP contribution in [0.4, 0.5) is 18.9 Å². The molecule has 0 radical (unpaired) electrons. The molecule has 0 aliphatic carbocycles. The van der Waals surface area contributed by atoms with Gasteiger partial charge in [-0.3, -0.25) is 9.59 Å². The Morgan fingerprint density at radius 3 is 2.37 bits per heavy atom. The number of nitrogens with zero attached hydrogens (tertiary/aromatic N) is 1. The zero-order valence-corrected chi connectivity index (χ0v) is 20.7. The zero-order valence-electron chi connectivity index (χ0n) is 20.0. The predicted molar refractivity (Wildman–Crippen MR) is 140 cm³/mol. The largest absolute Gasteiger partial charge is 0.489 e. The highest BCUT2D eigenvalue weighted by molar-refractivity contribution is 6.41. The number of hydrogen-bond acceptors (Lipinski definition) is 4. The Morgan fingerprint density at radius 2 is 1.63 bits per heavy atom. The smallest absolute Gasteiger partial charge is 0.416 e. The summed E-state index contributed by atoms with van der Waals surface area (Å²) in [5.74, 6) is -1.76. The number of ether oxygens (including phenoxy) is 1. The van der Waals surface area contributed by atoms with Crippen molar-refractivity contribution < 1.29 is 27.5 Å². The van der Waals surface area contributed by atoms with Gasteiger partial charge in [0.2, 0.25) is 0 Å². The molecule has 0 aromatic heterocycles. The highest BCUT2D eigenvalue weighted by Crippen LogP contribution is 2.33. The molecule has 4 aromatic carbocycles. The Hall–Kier alpha value is -4.37. The molecule has 6 nitrogen and oxygen atoms in total. The number of hydrogen-bond donors (Lipinski definition) is 2. The molecule has 194 valence electrons. The van der Waals surface area contributed by atoms with Crippen molar-refractivity contribution in [1.82, 2.24) is 5.43 Å². The number of benzene rings is 4. The Balaban J connectivity index is 1.34. The van der Waals surface area contributed by atoms with E-state index in [2.05, 4.69) is 15.8 Å². The van der Waals surface area contributed by atoms with E-state index in [0.717, 1.165) is 28.5 Å². The van der Waals surface area contributed by atoms with Crippen molar-refractivity contribution in [2.24, 2.45) is 5.10 Å². The number of halogens is 4. The van der Waals surface area contributed by atoms with Crippen molar-refractivity contribution in [2.75, 3.05) is 5.32 Å². The monoisotopic (exact) mass is 539 g/mol. The molecule has 2 N–H and O–H groups in total. The lowest BCUT2D eigenvalue weighted by atomic mass is 10.1. The molecule has 0 aliphatic rings. The van der Waals surface area contributed by atoms with Crippen LogP contribution in [-0.4, -0.2) is 17.5 Å². The maximum Gasteiger partial charge on any atom is 0.416 e. The van der Waals surface area contributed by atoms with Crippen molar-refractivity contribution >= 4 is 45.6 Å². The Morgan fingerprint density at radius 1 is 0.921 bits per heavy atom. The third kappa shape index (κ3) is 6.49. The standard InChI is InChI=1S/C28H21ClF3N3O3/c1-17(34-35-27(37)26(36)33-25-15-21(28(30,31)32)11-14-24(25)29)18-9-12-22(13-10-18)38-16-20-7-4-6-19-5-2-3-8-23(19)20/h2-15H,16H2,1H3,(H,33,36)(H,35,37)/b34-17+. The second kappa shape index (κ2) is 11.4. The molecule has 0 saturated heterocycles. The van der Waals surface area contributed by atoms with Crippen LogP contribution in [0.15, 0.2) is 90.0 Å². The third-order valence-corrected chi connectivity index (χ3v) is 5.95. The molecular formula is C28H21ClF3N3O3. The average Bonchev–Trinajstić information content (AvgIpc) is 2.91. The second-order valence-electron chi connectivity index (χ2n) is 8.24. The van der Waals surface area contributed by atoms with Crippen molar-refractivity contribution in [3.63, 3.8) is 0 Å². The van der Waals surface area contributed by atoms with E-state index in [-0.39, 0.29) is 10.7 Å². The molecule has 0 heterocycles. The van der Waals surface area contributed by atoms with Gasteiger partial charge in [-0.1, -0.05) is 54.1 Å². The normalized spacial score (nSPS) is 11.8. The predicted octanol–water partition coefficient (Wildman–Crippen LogP) is 6.57. The molecule has 10 heteroatoms. The molecule has 0 aliphatic heterocycles. The summed E-state index contributed by atoms with van der Waals surface area (Å²) in [6, 6.07) is 23.5. The molecule has 0 fully saturated rings. The number of hydrazone groups is 1. The summed E-state index contributed by atoms with van der Waals surface area (Å²) in [7, 11) is 0. The van der Waals surface area contributed by atoms with Crippen LogP contribution in [0.3, 0.4) is 0 Å². The number of carbonyl (C=O) groups excluding carboxylic acids is 2. The molecule has 0 saturated carbocycles. The van der Waals surface area contributed by atoms with Gasteiger partial charge in [-0.2, -0.15) is 18.3 Å². The first-order valence-corrected chi connectivity index (χ1v) is 11.7. The maximum absolute atomic E-state index is 12.9. The van der Waals surface area contributed by atoms with Gasteiger partial charge in [-0.15, -0.1) is 0 Å². The Kier molecular flexibility index (Phi) is 7.97. The first kappa shape index (κ1) is 26.7. The lowest BCUT2D eigenvalue weighted by Crippen LogP contribution is -2.33. The van der Waals surface area contributed by atoms with Crippen LogP contribution in [0.1, 0.15) is 23.6 Å². The van der Waals surface area contributed by atoms with E-state index >= 15 is 0 Å². The fraction of sp³-hybridized carbons (Fsp3) is 0.107. The molecule has 4 aromatic rings. The van der Waals surface area contributed by atoms with Gasteiger partial charge >= 0.3 is 18.0 Å². The number of anilines is 1. The van der Waals surface area contributed by atoms with Crippen LogP contribution in [0, 0.1) is 0 Å². The molecule has 0 spiro atoms. The van der Waals surface area contributed by atoms with E-state index in [0.29, 0.717) is 29.7 Å². The van der Waals surface area contributed by atoms with Crippen LogP contribution in [0.25, 0.3) is 10.8 Å². The van der Waals surface area contributed by atoms with Crippen molar-refractivity contribution in [2.45, 2.75) is 19.7 Å². The minimum absolute atomic E-state index is 0.151. The van der Waals surface area contributed by atoms with Gasteiger partial charge in [-0.25, -0.2) is 5.43 Å². The molecule has 38 heavy (non-hydrogen) atoms. The van der Waals surface area contributed by atoms with Gasteiger partial charge in [0.05, 0.1) is 22.0 Å². The van der Waals surface area contributed by atoms with E-state index in [9.17, 15) is 22.8 Å². The minimum Gasteiger partial charge on any atom is -0.489 e. The number of nitrogens with one attached hydrogen (secondary N) is 2. The molecular weight excluding hydrogens is 519 g/mol. The molecule has 4 rings (SSSR count). The highest BCUT2D eigenvalue weighted by Gasteiger charge is 2.31. The maximum atomic E-state index is 12.9. The summed E-state index contributed by atoms with van der Waals surface area (Å²) in [6.45, 7) is 2.00. The number of alkyl halides is 3. The highest BCUT2D eigenvalue weighted by atomic mass is 35.5. The molecule has 2 amide bonds. The first-order valence-electron chi connectivity index (χ1n) is 11.3. The van der Waals surface area contributed by atoms with E-state index in [4.69, 9.17) is 16.3 Å². The quantitative estimate of drug-likeness (QED) is 0.165. The fourth-order valence-electron chi connectivity index (χ4n) is 3.60. The minimum atomic E-state index is -4.63. The van der Waals surface area contributed by atoms with Crippen LogP contribution in [0.5, 0.6) is 5.75 Å². The van der Waals surface area contributed by atoms with E-state index < -0.39 is 23.6 Å². The first-order chi connectivity index (χ1) is 18.1. The summed E-state index contributed by atoms with van der Waals surface area (Å²) >= 11 is 5.85. The Bertz CT molecular complexity index is 1510. The van der Waals surface area contributed by atoms with Crippen LogP contribution < -0.4 is 15.5 Å². The van der Waals surface area contributed by atoms with Gasteiger partial charge < -0.3 is 10.1 Å². The Labute approximate surface area is 221 Å². The van der Waals surface area contributed by atoms with Crippen LogP contribution in [-0.2, 0) is 22.4 Å². The summed E-state index contributed by atoms with van der Waals surface area (Å²) in [5.41, 5.74) is 2.82. The van der Waals surface area contributed by atoms with Gasteiger partial charge in [0.25, 0.3) is 0 Å². The molecule has 0 unspecified atom stereocenters. The summed E-state index contributed by atoms with van der Waals surface area (Å²) in [4.78, 5) is 24.3. The molecule has 0 atom stereocenters. The average molecular weight is 540 g/mol. The summed E-state index contributed by atoms with van der Waals surface area (Å²) < 4.78 is 44.6. The number of carbonyl (C=O) groups is 2.